The number of fused-ring (bicyclic) bond motifs is 1. The minimum absolute atomic E-state index is 0.330. The second kappa shape index (κ2) is 6.46. The van der Waals surface area contributed by atoms with Crippen LogP contribution in [0.5, 0.6) is 0 Å². The number of rotatable bonds is 3. The molecule has 0 atom stereocenters. The van der Waals surface area contributed by atoms with Crippen LogP contribution in [-0.4, -0.2) is 34.4 Å². The van der Waals surface area contributed by atoms with Crippen LogP contribution in [0.2, 0.25) is 0 Å². The van der Waals surface area contributed by atoms with Crippen LogP contribution in [0.15, 0.2) is 35.3 Å². The van der Waals surface area contributed by atoms with E-state index in [4.69, 9.17) is 0 Å². The number of imide groups is 1. The molecule has 23 heavy (non-hydrogen) atoms. The largest absolute Gasteiger partial charge is 0.405 e. The topological polar surface area (TPSA) is 93.1 Å². The molecule has 1 aromatic heterocycles. The van der Waals surface area contributed by atoms with Crippen LogP contribution in [0, 0.1) is 0 Å². The number of aromatic nitrogens is 2. The summed E-state index contributed by atoms with van der Waals surface area (Å²) in [5.74, 6) is -0.869. The van der Waals surface area contributed by atoms with Gasteiger partial charge in [-0.1, -0.05) is 12.1 Å². The molecule has 0 saturated heterocycles. The van der Waals surface area contributed by atoms with Gasteiger partial charge in [-0.15, -0.1) is 0 Å². The summed E-state index contributed by atoms with van der Waals surface area (Å²) >= 11 is 0. The summed E-state index contributed by atoms with van der Waals surface area (Å²) < 4.78 is 37.0. The van der Waals surface area contributed by atoms with Gasteiger partial charge in [-0.25, -0.2) is 4.79 Å². The third kappa shape index (κ3) is 4.53. The summed E-state index contributed by atoms with van der Waals surface area (Å²) in [5, 5.41) is 7.36. The van der Waals surface area contributed by atoms with Crippen LogP contribution in [0.4, 0.5) is 18.0 Å². The van der Waals surface area contributed by atoms with Gasteiger partial charge in [-0.2, -0.15) is 18.3 Å². The monoisotopic (exact) mass is 328 g/mol. The Morgan fingerprint density at radius 1 is 1.22 bits per heavy atom. The minimum atomic E-state index is -4.57. The average molecular weight is 328 g/mol. The molecule has 0 radical (unpaired) electrons. The minimum Gasteiger partial charge on any atom is -0.329 e. The molecular formula is C13H11F3N4O3. The van der Waals surface area contributed by atoms with Gasteiger partial charge < -0.3 is 5.32 Å². The van der Waals surface area contributed by atoms with Gasteiger partial charge in [0.2, 0.25) is 11.3 Å². The van der Waals surface area contributed by atoms with Gasteiger partial charge in [-0.3, -0.25) is 19.6 Å². The van der Waals surface area contributed by atoms with Crippen molar-refractivity contribution in [2.45, 2.75) is 12.7 Å². The maximum Gasteiger partial charge on any atom is 0.405 e. The summed E-state index contributed by atoms with van der Waals surface area (Å²) in [6.45, 7) is -1.98. The molecule has 7 nitrogen and oxygen atoms in total. The molecule has 0 aliphatic carbocycles. The number of halogens is 3. The Morgan fingerprint density at radius 2 is 1.91 bits per heavy atom. The Morgan fingerprint density at radius 3 is 2.61 bits per heavy atom. The predicted molar refractivity (Wildman–Crippen MR) is 73.6 cm³/mol. The Balaban J connectivity index is 2.05. The van der Waals surface area contributed by atoms with E-state index in [9.17, 15) is 27.6 Å². The van der Waals surface area contributed by atoms with Gasteiger partial charge in [0.1, 0.15) is 13.1 Å². The lowest BCUT2D eigenvalue weighted by atomic mass is 10.2. The Bertz CT molecular complexity index is 801. The van der Waals surface area contributed by atoms with Crippen molar-refractivity contribution < 1.29 is 22.8 Å². The van der Waals surface area contributed by atoms with E-state index in [0.29, 0.717) is 10.9 Å². The second-order valence-electron chi connectivity index (χ2n) is 4.53. The summed E-state index contributed by atoms with van der Waals surface area (Å²) in [4.78, 5) is 34.5. The number of nitrogens with zero attached hydrogens (tertiary/aromatic N) is 2. The van der Waals surface area contributed by atoms with Gasteiger partial charge in [0, 0.05) is 5.39 Å². The number of amides is 3. The fraction of sp³-hybridized carbons (Fsp3) is 0.231. The fourth-order valence-corrected chi connectivity index (χ4v) is 1.81. The highest BCUT2D eigenvalue weighted by atomic mass is 19.4. The van der Waals surface area contributed by atoms with Crippen LogP contribution in [-0.2, 0) is 11.3 Å². The third-order valence-corrected chi connectivity index (χ3v) is 2.76. The number of nitrogens with one attached hydrogen (secondary N) is 2. The van der Waals surface area contributed by atoms with Gasteiger partial charge >= 0.3 is 12.2 Å². The number of benzene rings is 1. The lowest BCUT2D eigenvalue weighted by Gasteiger charge is -2.11. The maximum absolute atomic E-state index is 11.9. The van der Waals surface area contributed by atoms with Crippen molar-refractivity contribution in [2.24, 2.45) is 0 Å². The smallest absolute Gasteiger partial charge is 0.329 e. The molecule has 1 heterocycles. The number of para-hydroxylation sites is 1. The maximum atomic E-state index is 11.9. The Hall–Kier alpha value is -2.91. The van der Waals surface area contributed by atoms with Crippen LogP contribution in [0.3, 0.4) is 0 Å². The van der Waals surface area contributed by atoms with E-state index >= 15 is 0 Å². The van der Waals surface area contributed by atoms with Crippen molar-refractivity contribution >= 4 is 22.8 Å². The SMILES string of the molecule is O=C(Cn1ncc(=O)c2ccccc21)NC(=O)NCC(F)(F)F. The zero-order valence-electron chi connectivity index (χ0n) is 11.6. The lowest BCUT2D eigenvalue weighted by molar-refractivity contribution is -0.124. The molecule has 10 heteroatoms. The van der Waals surface area contributed by atoms with E-state index in [2.05, 4.69) is 5.10 Å². The highest BCUT2D eigenvalue weighted by Gasteiger charge is 2.28. The van der Waals surface area contributed by atoms with Crippen molar-refractivity contribution in [1.29, 1.82) is 0 Å². The molecule has 0 spiro atoms. The van der Waals surface area contributed by atoms with Crippen molar-refractivity contribution in [3.63, 3.8) is 0 Å². The molecule has 2 aromatic rings. The molecule has 2 N–H and O–H groups in total. The first-order valence-corrected chi connectivity index (χ1v) is 6.35. The number of hydrogen-bond donors (Lipinski definition) is 2. The molecule has 0 fully saturated rings. The fourth-order valence-electron chi connectivity index (χ4n) is 1.81. The Labute approximate surface area is 127 Å². The zero-order valence-corrected chi connectivity index (χ0v) is 11.6. The van der Waals surface area contributed by atoms with Gasteiger partial charge in [-0.05, 0) is 12.1 Å². The molecule has 122 valence electrons. The molecule has 2 rings (SSSR count). The highest BCUT2D eigenvalue weighted by Crippen LogP contribution is 2.12. The van der Waals surface area contributed by atoms with E-state index in [0.717, 1.165) is 6.20 Å². The standard InChI is InChI=1S/C13H11F3N4O3/c14-13(15,16)7-17-12(23)19-11(22)6-20-9-4-2-1-3-8(9)10(21)5-18-20/h1-5H,6-7H2,(H2,17,19,22,23). The third-order valence-electron chi connectivity index (χ3n) is 2.76. The number of urea groups is 1. The molecule has 0 bridgehead atoms. The molecule has 0 aliphatic rings. The van der Waals surface area contributed by atoms with Gasteiger partial charge in [0.15, 0.2) is 0 Å². The van der Waals surface area contributed by atoms with E-state index in [1.54, 1.807) is 29.6 Å². The quantitative estimate of drug-likeness (QED) is 0.871. The van der Waals surface area contributed by atoms with Crippen LogP contribution < -0.4 is 16.1 Å². The van der Waals surface area contributed by atoms with Crippen molar-refractivity contribution in [3.05, 3.63) is 40.7 Å². The zero-order chi connectivity index (χ0) is 17.0. The lowest BCUT2D eigenvalue weighted by Crippen LogP contribution is -2.44. The van der Waals surface area contributed by atoms with E-state index in [1.807, 2.05) is 0 Å². The van der Waals surface area contributed by atoms with Crippen LogP contribution in [0.25, 0.3) is 10.9 Å². The summed E-state index contributed by atoms with van der Waals surface area (Å²) in [6.07, 6.45) is -3.56. The summed E-state index contributed by atoms with van der Waals surface area (Å²) in [7, 11) is 0. The number of carbonyl (C=O) groups is 2. The highest BCUT2D eigenvalue weighted by molar-refractivity contribution is 5.94. The average Bonchev–Trinajstić information content (AvgIpc) is 2.48. The molecule has 0 saturated carbocycles. The molecule has 3 amide bonds. The van der Waals surface area contributed by atoms with E-state index in [-0.39, 0.29) is 5.43 Å². The van der Waals surface area contributed by atoms with E-state index in [1.165, 1.54) is 10.00 Å². The van der Waals surface area contributed by atoms with E-state index < -0.39 is 31.2 Å². The molecular weight excluding hydrogens is 317 g/mol. The van der Waals surface area contributed by atoms with Crippen LogP contribution in [0.1, 0.15) is 0 Å². The normalized spacial score (nSPS) is 11.3. The number of hydrogen-bond acceptors (Lipinski definition) is 4. The molecule has 0 unspecified atom stereocenters. The second-order valence-corrected chi connectivity index (χ2v) is 4.53. The van der Waals surface area contributed by atoms with Crippen molar-refractivity contribution in [1.82, 2.24) is 20.4 Å². The Kier molecular flexibility index (Phi) is 4.63. The van der Waals surface area contributed by atoms with Crippen molar-refractivity contribution in [3.8, 4) is 0 Å². The molecule has 0 aliphatic heterocycles. The van der Waals surface area contributed by atoms with Crippen LogP contribution >= 0.6 is 0 Å². The van der Waals surface area contributed by atoms with Gasteiger partial charge in [0.25, 0.3) is 0 Å². The molecule has 1 aromatic carbocycles. The first kappa shape index (κ1) is 16.5. The first-order valence-electron chi connectivity index (χ1n) is 6.35. The summed E-state index contributed by atoms with van der Waals surface area (Å²) in [5.41, 5.74) is 0.0334. The number of alkyl halides is 3. The summed E-state index contributed by atoms with van der Waals surface area (Å²) in [6, 6.07) is 5.11. The van der Waals surface area contributed by atoms with Crippen molar-refractivity contribution in [2.75, 3.05) is 6.54 Å². The number of carbonyl (C=O) groups excluding carboxylic acids is 2. The van der Waals surface area contributed by atoms with Gasteiger partial charge in [0.05, 0.1) is 11.7 Å². The first-order chi connectivity index (χ1) is 10.8. The predicted octanol–water partition coefficient (Wildman–Crippen LogP) is 0.785.